The molecule has 0 saturated heterocycles. The van der Waals surface area contributed by atoms with E-state index in [4.69, 9.17) is 4.66 Å². The Morgan fingerprint density at radius 2 is 1.04 bits per heavy atom. The maximum atomic E-state index is 5.42. The van der Waals surface area contributed by atoms with Crippen molar-refractivity contribution in [1.82, 2.24) is 6.71 Å². The van der Waals surface area contributed by atoms with E-state index in [0.717, 1.165) is 0 Å². The topological polar surface area (TPSA) is 18.8 Å². The molecule has 0 unspecified atom stereocenters. The van der Waals surface area contributed by atoms with Gasteiger partial charge in [-0.3, -0.25) is 0 Å². The molecule has 0 aliphatic carbocycles. The van der Waals surface area contributed by atoms with Gasteiger partial charge in [0.15, 0.2) is 0 Å². The van der Waals surface area contributed by atoms with Crippen LogP contribution in [0, 0.1) is 5.41 Å². The molecule has 148 valence electrons. The molecule has 25 heavy (non-hydrogen) atoms. The maximum absolute atomic E-state index is 5.42. The van der Waals surface area contributed by atoms with Crippen LogP contribution in [0.15, 0.2) is 4.66 Å². The summed E-state index contributed by atoms with van der Waals surface area (Å²) < 4.78 is 11.3. The van der Waals surface area contributed by atoms with E-state index in [1.165, 1.54) is 5.84 Å². The van der Waals surface area contributed by atoms with Gasteiger partial charge in [-0.15, -0.1) is 0 Å². The standard InChI is InChI=1S/C17H45GeN3Si4/c1-17(2,3)16(19-22(4,5)6)20(23(7,8)9)18-21(24(10,11)12)25(13,14)15/h1-15H3/b19-16+. The molecule has 0 aliphatic rings. The van der Waals surface area contributed by atoms with Gasteiger partial charge < -0.3 is 0 Å². The minimum atomic E-state index is -1.52. The molecule has 0 N–H and O–H groups in total. The van der Waals surface area contributed by atoms with Gasteiger partial charge in [0.05, 0.1) is 0 Å². The van der Waals surface area contributed by atoms with Crippen molar-refractivity contribution >= 4 is 54.7 Å². The molecule has 2 radical (unpaired) electrons. The minimum absolute atomic E-state index is 0.120. The van der Waals surface area contributed by atoms with Gasteiger partial charge in [0.25, 0.3) is 0 Å². The van der Waals surface area contributed by atoms with Crippen LogP contribution < -0.4 is 0 Å². The molecule has 0 heterocycles. The van der Waals surface area contributed by atoms with Crippen molar-refractivity contribution in [2.45, 2.75) is 99.3 Å². The molecular weight excluding hydrogens is 431 g/mol. The van der Waals surface area contributed by atoms with Crippen LogP contribution in [0.1, 0.15) is 20.8 Å². The summed E-state index contributed by atoms with van der Waals surface area (Å²) >= 11 is -0.366. The van der Waals surface area contributed by atoms with Crippen LogP contribution in [0.5, 0.6) is 0 Å². The number of hydrogen-bond acceptors (Lipinski definition) is 2. The fourth-order valence-corrected chi connectivity index (χ4v) is 23.8. The van der Waals surface area contributed by atoms with E-state index in [1.807, 2.05) is 0 Å². The van der Waals surface area contributed by atoms with Gasteiger partial charge >= 0.3 is 171 Å². The molecule has 3 nitrogen and oxygen atoms in total. The SMILES string of the molecule is CC(C)(C)/C(=N\[Si](C)(C)C)[N]([Ge][N]([Si](C)(C)C)[Si](C)(C)C)[Si](C)(C)C. The van der Waals surface area contributed by atoms with E-state index >= 15 is 0 Å². The Morgan fingerprint density at radius 1 is 0.680 bits per heavy atom. The van der Waals surface area contributed by atoms with Crippen LogP contribution in [0.3, 0.4) is 0 Å². The molecule has 0 aromatic carbocycles. The zero-order valence-corrected chi connectivity index (χ0v) is 25.9. The van der Waals surface area contributed by atoms with Crippen LogP contribution in [-0.2, 0) is 0 Å². The number of amidine groups is 1. The predicted octanol–water partition coefficient (Wildman–Crippen LogP) is 5.91. The molecule has 0 spiro atoms. The van der Waals surface area contributed by atoms with Gasteiger partial charge in [-0.05, 0) is 0 Å². The first-order valence-electron chi connectivity index (χ1n) is 9.54. The van der Waals surface area contributed by atoms with Crippen molar-refractivity contribution in [3.8, 4) is 0 Å². The molecule has 0 aromatic heterocycles. The van der Waals surface area contributed by atoms with Crippen molar-refractivity contribution < 1.29 is 0 Å². The second-order valence-electron chi connectivity index (χ2n) is 12.1. The summed E-state index contributed by atoms with van der Waals surface area (Å²) in [6.07, 6.45) is 0. The second kappa shape index (κ2) is 8.06. The quantitative estimate of drug-likeness (QED) is 0.270. The fourth-order valence-electron chi connectivity index (χ4n) is 2.79. The zero-order valence-electron chi connectivity index (χ0n) is 19.8. The second-order valence-corrected chi connectivity index (χ2v) is 36.6. The van der Waals surface area contributed by atoms with Gasteiger partial charge in [0.2, 0.25) is 0 Å². The van der Waals surface area contributed by atoms with Crippen LogP contribution in [-0.4, -0.2) is 61.4 Å². The fraction of sp³-hybridized carbons (Fsp3) is 0.941. The molecule has 0 rings (SSSR count). The predicted molar refractivity (Wildman–Crippen MR) is 130 cm³/mol. The Bertz CT molecular complexity index is 461. The first kappa shape index (κ1) is 25.8. The van der Waals surface area contributed by atoms with Crippen LogP contribution in [0.2, 0.25) is 78.6 Å². The van der Waals surface area contributed by atoms with E-state index in [1.54, 1.807) is 0 Å². The number of nitrogens with zero attached hydrogens (tertiary/aromatic N) is 3. The Labute approximate surface area is 170 Å². The molecule has 8 heteroatoms. The third-order valence-corrected chi connectivity index (χ3v) is 28.2. The molecular formula is C17H45GeN3Si4. The third kappa shape index (κ3) is 9.05. The van der Waals surface area contributed by atoms with Gasteiger partial charge in [0.1, 0.15) is 0 Å². The van der Waals surface area contributed by atoms with E-state index in [9.17, 15) is 0 Å². The van der Waals surface area contributed by atoms with Crippen molar-refractivity contribution in [3.05, 3.63) is 0 Å². The molecule has 0 aromatic rings. The van der Waals surface area contributed by atoms with E-state index in [0.29, 0.717) is 0 Å². The number of hydrogen-bond donors (Lipinski definition) is 0. The molecule has 0 saturated carbocycles. The van der Waals surface area contributed by atoms with Crippen LogP contribution in [0.25, 0.3) is 0 Å². The van der Waals surface area contributed by atoms with Gasteiger partial charge in [-0.2, -0.15) is 0 Å². The molecule has 0 aliphatic heterocycles. The van der Waals surface area contributed by atoms with Crippen molar-refractivity contribution in [2.75, 3.05) is 0 Å². The third-order valence-electron chi connectivity index (χ3n) is 3.54. The van der Waals surface area contributed by atoms with Gasteiger partial charge in [-0.1, -0.05) is 0 Å². The summed E-state index contributed by atoms with van der Waals surface area (Å²) in [5, 5.41) is 0. The molecule has 0 atom stereocenters. The molecule has 0 fully saturated rings. The van der Waals surface area contributed by atoms with E-state index in [2.05, 4.69) is 106 Å². The summed E-state index contributed by atoms with van der Waals surface area (Å²) in [5.41, 5.74) is 0.120. The monoisotopic (exact) mass is 477 g/mol. The van der Waals surface area contributed by atoms with Crippen LogP contribution >= 0.6 is 0 Å². The zero-order chi connectivity index (χ0) is 20.6. The summed E-state index contributed by atoms with van der Waals surface area (Å²) in [5.74, 6) is 1.41. The number of rotatable bonds is 6. The Kier molecular flexibility index (Phi) is 8.34. The van der Waals surface area contributed by atoms with E-state index in [-0.39, 0.29) is 21.3 Å². The summed E-state index contributed by atoms with van der Waals surface area (Å²) in [7, 11) is -5.70. The molecule has 0 bridgehead atoms. The summed E-state index contributed by atoms with van der Waals surface area (Å²) in [6, 6.07) is 0. The Hall–Kier alpha value is 0.840. The van der Waals surface area contributed by atoms with Crippen LogP contribution in [0.4, 0.5) is 0 Å². The Balaban J connectivity index is 6.31. The van der Waals surface area contributed by atoms with Gasteiger partial charge in [-0.25, -0.2) is 0 Å². The van der Waals surface area contributed by atoms with E-state index < -0.39 is 32.9 Å². The Morgan fingerprint density at radius 3 is 1.24 bits per heavy atom. The first-order chi connectivity index (χ1) is 10.6. The first-order valence-corrected chi connectivity index (χ1v) is 25.2. The van der Waals surface area contributed by atoms with Crippen molar-refractivity contribution in [3.63, 3.8) is 0 Å². The normalized spacial score (nSPS) is 15.8. The van der Waals surface area contributed by atoms with Crippen molar-refractivity contribution in [1.29, 1.82) is 0 Å². The average Bonchev–Trinajstić information content (AvgIpc) is 2.18. The molecule has 0 amide bonds. The summed E-state index contributed by atoms with van der Waals surface area (Å²) in [6.45, 7) is 36.9. The van der Waals surface area contributed by atoms with Gasteiger partial charge in [0, 0.05) is 0 Å². The summed E-state index contributed by atoms with van der Waals surface area (Å²) in [4.78, 5) is 0. The van der Waals surface area contributed by atoms with Crippen molar-refractivity contribution in [2.24, 2.45) is 10.1 Å². The average molecular weight is 477 g/mol.